The van der Waals surface area contributed by atoms with Gasteiger partial charge in [-0.3, -0.25) is 5.10 Å². The van der Waals surface area contributed by atoms with Crippen LogP contribution in [0.4, 0.5) is 0 Å². The molecule has 1 aliphatic rings. The van der Waals surface area contributed by atoms with Gasteiger partial charge in [0.15, 0.2) is 5.03 Å². The molecular weight excluding hydrogens is 322 g/mol. The fourth-order valence-corrected chi connectivity index (χ4v) is 4.26. The first kappa shape index (κ1) is 15.4. The molecule has 0 unspecified atom stereocenters. The summed E-state index contributed by atoms with van der Waals surface area (Å²) >= 11 is 0. The molecule has 1 saturated carbocycles. The van der Waals surface area contributed by atoms with E-state index in [1.165, 1.54) is 12.8 Å². The number of nitrogens with zero attached hydrogens (tertiary/aromatic N) is 1. The minimum absolute atomic E-state index is 0.0979. The van der Waals surface area contributed by atoms with Crippen LogP contribution < -0.4 is 5.32 Å². The Hall–Kier alpha value is -2.18. The fourth-order valence-electron chi connectivity index (χ4n) is 2.90. The van der Waals surface area contributed by atoms with Crippen molar-refractivity contribution in [3.8, 4) is 0 Å². The summed E-state index contributed by atoms with van der Waals surface area (Å²) < 4.78 is 25.7. The average Bonchev–Trinajstić information content (AvgIpc) is 3.31. The van der Waals surface area contributed by atoms with Crippen LogP contribution >= 0.6 is 0 Å². The lowest BCUT2D eigenvalue weighted by Crippen LogP contribution is -2.19. The number of para-hydroxylation sites is 1. The van der Waals surface area contributed by atoms with Gasteiger partial charge in [0.25, 0.3) is 0 Å². The largest absolute Gasteiger partial charge is 0.314 e. The van der Waals surface area contributed by atoms with Crippen LogP contribution in [0.15, 0.2) is 58.5 Å². The number of aromatic nitrogens is 2. The molecule has 0 amide bonds. The van der Waals surface area contributed by atoms with Gasteiger partial charge in [-0.25, -0.2) is 8.42 Å². The average molecular weight is 341 g/mol. The lowest BCUT2D eigenvalue weighted by Gasteiger charge is -2.05. The molecule has 0 atom stereocenters. The summed E-state index contributed by atoms with van der Waals surface area (Å²) in [6, 6.07) is 14.8. The van der Waals surface area contributed by atoms with Crippen LogP contribution in [0.25, 0.3) is 10.9 Å². The van der Waals surface area contributed by atoms with E-state index >= 15 is 0 Å². The predicted octanol–water partition coefficient (Wildman–Crippen LogP) is 2.69. The maximum absolute atomic E-state index is 12.8. The summed E-state index contributed by atoms with van der Waals surface area (Å²) in [6.45, 7) is 0.892. The third kappa shape index (κ3) is 2.83. The topological polar surface area (TPSA) is 74.8 Å². The van der Waals surface area contributed by atoms with E-state index in [2.05, 4.69) is 15.5 Å². The van der Waals surface area contributed by atoms with Gasteiger partial charge in [-0.05, 0) is 49.6 Å². The van der Waals surface area contributed by atoms with Crippen LogP contribution in [0.1, 0.15) is 18.4 Å². The molecule has 1 aliphatic carbocycles. The molecule has 4 rings (SSSR count). The van der Waals surface area contributed by atoms with Crippen LogP contribution in [0.5, 0.6) is 0 Å². The maximum atomic E-state index is 12.8. The first-order valence-electron chi connectivity index (χ1n) is 8.16. The SMILES string of the molecule is O=S(=O)(c1ccccc1)c1n[nH]c2c(CCNC3CC3)cccc12. The van der Waals surface area contributed by atoms with E-state index in [1.54, 1.807) is 30.3 Å². The molecule has 5 nitrogen and oxygen atoms in total. The van der Waals surface area contributed by atoms with Gasteiger partial charge in [0.2, 0.25) is 9.84 Å². The molecule has 3 aromatic rings. The van der Waals surface area contributed by atoms with Crippen molar-refractivity contribution in [2.45, 2.75) is 35.2 Å². The van der Waals surface area contributed by atoms with Crippen molar-refractivity contribution in [2.24, 2.45) is 0 Å². The summed E-state index contributed by atoms with van der Waals surface area (Å²) in [5.41, 5.74) is 1.90. The van der Waals surface area contributed by atoms with Gasteiger partial charge in [0.1, 0.15) is 0 Å². The van der Waals surface area contributed by atoms with E-state index in [0.29, 0.717) is 11.4 Å². The van der Waals surface area contributed by atoms with E-state index in [1.807, 2.05) is 18.2 Å². The first-order chi connectivity index (χ1) is 11.7. The monoisotopic (exact) mass is 341 g/mol. The van der Waals surface area contributed by atoms with Crippen molar-refractivity contribution in [1.82, 2.24) is 15.5 Å². The number of hydrogen-bond acceptors (Lipinski definition) is 4. The Labute approximate surface area is 141 Å². The Morgan fingerprint density at radius 2 is 1.88 bits per heavy atom. The molecule has 6 heteroatoms. The van der Waals surface area contributed by atoms with Crippen molar-refractivity contribution in [3.63, 3.8) is 0 Å². The van der Waals surface area contributed by atoms with Gasteiger partial charge < -0.3 is 5.32 Å². The van der Waals surface area contributed by atoms with Gasteiger partial charge in [-0.1, -0.05) is 30.3 Å². The highest BCUT2D eigenvalue weighted by Gasteiger charge is 2.24. The number of H-pyrrole nitrogens is 1. The number of rotatable bonds is 6. The molecule has 24 heavy (non-hydrogen) atoms. The molecule has 0 bridgehead atoms. The summed E-state index contributed by atoms with van der Waals surface area (Å²) in [5, 5.41) is 11.3. The van der Waals surface area contributed by atoms with Crippen LogP contribution in [-0.2, 0) is 16.3 Å². The van der Waals surface area contributed by atoms with E-state index in [9.17, 15) is 8.42 Å². The molecule has 124 valence electrons. The Kier molecular flexibility index (Phi) is 3.86. The predicted molar refractivity (Wildman–Crippen MR) is 92.7 cm³/mol. The van der Waals surface area contributed by atoms with E-state index < -0.39 is 9.84 Å². The highest BCUT2D eigenvalue weighted by atomic mass is 32.2. The zero-order chi connectivity index (χ0) is 16.6. The Balaban J connectivity index is 1.69. The van der Waals surface area contributed by atoms with Crippen molar-refractivity contribution >= 4 is 20.7 Å². The van der Waals surface area contributed by atoms with Crippen molar-refractivity contribution in [2.75, 3.05) is 6.54 Å². The quantitative estimate of drug-likeness (QED) is 0.723. The second-order valence-corrected chi connectivity index (χ2v) is 8.03. The molecule has 0 radical (unpaired) electrons. The third-order valence-corrected chi connectivity index (χ3v) is 6.08. The van der Waals surface area contributed by atoms with Crippen molar-refractivity contribution in [3.05, 3.63) is 54.1 Å². The smallest absolute Gasteiger partial charge is 0.226 e. The zero-order valence-electron chi connectivity index (χ0n) is 13.2. The number of hydrogen-bond donors (Lipinski definition) is 2. The van der Waals surface area contributed by atoms with Gasteiger partial charge in [-0.15, -0.1) is 0 Å². The van der Waals surface area contributed by atoms with Gasteiger partial charge in [0.05, 0.1) is 10.4 Å². The maximum Gasteiger partial charge on any atom is 0.226 e. The van der Waals surface area contributed by atoms with E-state index in [4.69, 9.17) is 0 Å². The van der Waals surface area contributed by atoms with Crippen LogP contribution in [0.3, 0.4) is 0 Å². The molecule has 1 fully saturated rings. The first-order valence-corrected chi connectivity index (χ1v) is 9.64. The zero-order valence-corrected chi connectivity index (χ0v) is 14.0. The number of benzene rings is 2. The molecule has 2 aromatic carbocycles. The Bertz CT molecular complexity index is 960. The minimum atomic E-state index is -3.62. The third-order valence-electron chi connectivity index (χ3n) is 4.36. The molecule has 0 spiro atoms. The van der Waals surface area contributed by atoms with Gasteiger partial charge in [0, 0.05) is 11.4 Å². The Morgan fingerprint density at radius 1 is 1.08 bits per heavy atom. The molecule has 1 aromatic heterocycles. The Morgan fingerprint density at radius 3 is 2.62 bits per heavy atom. The molecule has 1 heterocycles. The summed E-state index contributed by atoms with van der Waals surface area (Å²) in [7, 11) is -3.62. The summed E-state index contributed by atoms with van der Waals surface area (Å²) in [6.07, 6.45) is 3.36. The summed E-state index contributed by atoms with van der Waals surface area (Å²) in [4.78, 5) is 0.263. The van der Waals surface area contributed by atoms with Crippen LogP contribution in [-0.4, -0.2) is 31.2 Å². The van der Waals surface area contributed by atoms with Gasteiger partial charge in [-0.2, -0.15) is 5.10 Å². The van der Waals surface area contributed by atoms with Gasteiger partial charge >= 0.3 is 0 Å². The fraction of sp³-hybridized carbons (Fsp3) is 0.278. The molecule has 2 N–H and O–H groups in total. The summed E-state index contributed by atoms with van der Waals surface area (Å²) in [5.74, 6) is 0. The number of sulfone groups is 1. The van der Waals surface area contributed by atoms with E-state index in [0.717, 1.165) is 24.0 Å². The standard InChI is InChI=1S/C18H19N3O2S/c22-24(23,15-6-2-1-3-7-15)18-16-8-4-5-13(17(16)20-21-18)11-12-19-14-9-10-14/h1-8,14,19H,9-12H2,(H,20,21). The molecule has 0 aliphatic heterocycles. The van der Waals surface area contributed by atoms with Crippen LogP contribution in [0.2, 0.25) is 0 Å². The molecule has 0 saturated heterocycles. The number of aromatic amines is 1. The van der Waals surface area contributed by atoms with Crippen LogP contribution in [0, 0.1) is 0 Å². The minimum Gasteiger partial charge on any atom is -0.314 e. The second-order valence-electron chi connectivity index (χ2n) is 6.16. The van der Waals surface area contributed by atoms with E-state index in [-0.39, 0.29) is 9.92 Å². The normalized spacial score (nSPS) is 15.0. The highest BCUT2D eigenvalue weighted by Crippen LogP contribution is 2.28. The lowest BCUT2D eigenvalue weighted by molar-refractivity contribution is 0.593. The van der Waals surface area contributed by atoms with Crippen molar-refractivity contribution < 1.29 is 8.42 Å². The number of nitrogens with one attached hydrogen (secondary N) is 2. The number of fused-ring (bicyclic) bond motifs is 1. The second kappa shape index (κ2) is 6.03. The molecular formula is C18H19N3O2S. The highest BCUT2D eigenvalue weighted by molar-refractivity contribution is 7.91. The van der Waals surface area contributed by atoms with Crippen molar-refractivity contribution in [1.29, 1.82) is 0 Å². The lowest BCUT2D eigenvalue weighted by atomic mass is 10.1.